The predicted octanol–water partition coefficient (Wildman–Crippen LogP) is 2.77. The van der Waals surface area contributed by atoms with Crippen LogP contribution in [0.25, 0.3) is 5.69 Å². The zero-order valence-electron chi connectivity index (χ0n) is 20.4. The molecule has 37 heavy (non-hydrogen) atoms. The highest BCUT2D eigenvalue weighted by molar-refractivity contribution is 7.90. The Morgan fingerprint density at radius 2 is 1.89 bits per heavy atom. The van der Waals surface area contributed by atoms with E-state index >= 15 is 0 Å². The van der Waals surface area contributed by atoms with Crippen LogP contribution in [0.1, 0.15) is 36.7 Å². The summed E-state index contributed by atoms with van der Waals surface area (Å²) < 4.78 is 60.6. The predicted molar refractivity (Wildman–Crippen MR) is 128 cm³/mol. The summed E-state index contributed by atoms with van der Waals surface area (Å²) in [5.41, 5.74) is -0.760. The van der Waals surface area contributed by atoms with E-state index in [0.29, 0.717) is 23.7 Å². The summed E-state index contributed by atoms with van der Waals surface area (Å²) in [5, 5.41) is 19.6. The molecule has 2 aromatic carbocycles. The van der Waals surface area contributed by atoms with Crippen molar-refractivity contribution in [2.24, 2.45) is 0 Å². The molecule has 0 aliphatic heterocycles. The average Bonchev–Trinajstić information content (AvgIpc) is 3.52. The van der Waals surface area contributed by atoms with Crippen LogP contribution < -0.4 is 0 Å². The molecule has 1 N–H and O–H groups in total. The molecule has 10 nitrogen and oxygen atoms in total. The van der Waals surface area contributed by atoms with Gasteiger partial charge in [0.25, 0.3) is 5.16 Å². The summed E-state index contributed by atoms with van der Waals surface area (Å²) in [6.45, 7) is 3.84. The van der Waals surface area contributed by atoms with Gasteiger partial charge in [0, 0.05) is 30.4 Å². The van der Waals surface area contributed by atoms with Crippen LogP contribution in [0.3, 0.4) is 0 Å². The third-order valence-corrected chi connectivity index (χ3v) is 6.88. The van der Waals surface area contributed by atoms with Gasteiger partial charge in [-0.15, -0.1) is 5.10 Å². The van der Waals surface area contributed by atoms with Crippen molar-refractivity contribution in [2.45, 2.75) is 43.7 Å². The molecule has 4 rings (SSSR count). The summed E-state index contributed by atoms with van der Waals surface area (Å²) in [5.74, 6) is -2.02. The minimum absolute atomic E-state index is 0.0542. The molecule has 0 fully saturated rings. The number of aromatic nitrogens is 6. The van der Waals surface area contributed by atoms with Crippen molar-refractivity contribution in [3.63, 3.8) is 0 Å². The Kier molecular flexibility index (Phi) is 7.48. The second kappa shape index (κ2) is 10.4. The molecule has 2 heterocycles. The highest BCUT2D eigenvalue weighted by Crippen LogP contribution is 2.39. The Morgan fingerprint density at radius 1 is 1.16 bits per heavy atom. The molecule has 0 bridgehead atoms. The molecular formula is C24H26F2N6O4S. The Morgan fingerprint density at radius 3 is 2.49 bits per heavy atom. The van der Waals surface area contributed by atoms with Crippen molar-refractivity contribution in [2.75, 3.05) is 12.9 Å². The van der Waals surface area contributed by atoms with E-state index in [4.69, 9.17) is 4.74 Å². The molecule has 0 amide bonds. The van der Waals surface area contributed by atoms with Gasteiger partial charge in [0.05, 0.1) is 12.2 Å². The second-order valence-electron chi connectivity index (χ2n) is 8.59. The van der Waals surface area contributed by atoms with Crippen molar-refractivity contribution >= 4 is 9.84 Å². The third-order valence-electron chi connectivity index (χ3n) is 6.04. The van der Waals surface area contributed by atoms with E-state index < -0.39 is 33.0 Å². The minimum Gasteiger partial charge on any atom is -0.382 e. The van der Waals surface area contributed by atoms with Gasteiger partial charge in [-0.3, -0.25) is 0 Å². The molecule has 0 aliphatic rings. The van der Waals surface area contributed by atoms with Crippen LogP contribution in [0.4, 0.5) is 8.78 Å². The number of hydrogen-bond acceptors (Lipinski definition) is 8. The van der Waals surface area contributed by atoms with Crippen molar-refractivity contribution in [1.29, 1.82) is 0 Å². The van der Waals surface area contributed by atoms with Crippen molar-refractivity contribution < 1.29 is 27.0 Å². The largest absolute Gasteiger partial charge is 0.382 e. The molecule has 0 saturated heterocycles. The number of aliphatic hydroxyl groups is 1. The average molecular weight is 533 g/mol. The van der Waals surface area contributed by atoms with Crippen LogP contribution in [-0.4, -0.2) is 55.9 Å². The quantitative estimate of drug-likeness (QED) is 0.331. The maximum atomic E-state index is 14.9. The fraction of sp³-hybridized carbons (Fsp3) is 0.333. The van der Waals surface area contributed by atoms with Crippen molar-refractivity contribution in [1.82, 2.24) is 29.5 Å². The van der Waals surface area contributed by atoms with E-state index in [1.807, 2.05) is 0 Å². The Bertz CT molecular complexity index is 1480. The summed E-state index contributed by atoms with van der Waals surface area (Å²) >= 11 is 0. The van der Waals surface area contributed by atoms with Gasteiger partial charge in [-0.1, -0.05) is 25.1 Å². The van der Waals surface area contributed by atoms with Crippen LogP contribution in [0.2, 0.25) is 0 Å². The first kappa shape index (κ1) is 26.5. The summed E-state index contributed by atoms with van der Waals surface area (Å²) in [6, 6.07) is 9.80. The van der Waals surface area contributed by atoms with Gasteiger partial charge in [0.2, 0.25) is 9.84 Å². The lowest BCUT2D eigenvalue weighted by atomic mass is 9.78. The lowest BCUT2D eigenvalue weighted by Crippen LogP contribution is -2.38. The molecule has 0 spiro atoms. The standard InChI is InChI=1S/C24H26F2N6O4S/c1-4-36-12-22-29-23(37(3,34)35)30-32(22)19-8-5-17(6-9-19)16(2)24(33,13-31-15-27-14-28-31)20-10-7-18(25)11-21(20)26/h5-11,14-16,33H,4,12-13H2,1-3H3. The summed E-state index contributed by atoms with van der Waals surface area (Å²) in [6.07, 6.45) is 3.71. The van der Waals surface area contributed by atoms with Crippen molar-refractivity contribution in [3.05, 3.63) is 83.7 Å². The molecule has 4 aromatic rings. The summed E-state index contributed by atoms with van der Waals surface area (Å²) in [7, 11) is -3.65. The van der Waals surface area contributed by atoms with E-state index in [0.717, 1.165) is 18.4 Å². The number of rotatable bonds is 10. The Hall–Kier alpha value is -3.55. The van der Waals surface area contributed by atoms with Gasteiger partial charge >= 0.3 is 0 Å². The molecule has 196 valence electrons. The van der Waals surface area contributed by atoms with Crippen molar-refractivity contribution in [3.8, 4) is 5.69 Å². The molecule has 0 radical (unpaired) electrons. The third kappa shape index (κ3) is 5.58. The minimum atomic E-state index is -3.65. The van der Waals surface area contributed by atoms with Crippen LogP contribution in [0, 0.1) is 11.6 Å². The number of ether oxygens (including phenoxy) is 1. The number of sulfone groups is 1. The number of benzene rings is 2. The molecule has 13 heteroatoms. The normalized spacial score (nSPS) is 14.4. The van der Waals surface area contributed by atoms with Gasteiger partial charge in [-0.05, 0) is 30.7 Å². The monoisotopic (exact) mass is 532 g/mol. The SMILES string of the molecule is CCOCc1nc(S(C)(=O)=O)nn1-c1ccc(C(C)C(O)(Cn2cncn2)c2ccc(F)cc2F)cc1. The van der Waals surface area contributed by atoms with E-state index in [-0.39, 0.29) is 23.9 Å². The van der Waals surface area contributed by atoms with Crippen LogP contribution in [0.15, 0.2) is 60.3 Å². The van der Waals surface area contributed by atoms with Gasteiger partial charge in [0.15, 0.2) is 5.82 Å². The number of halogens is 2. The second-order valence-corrected chi connectivity index (χ2v) is 10.5. The highest BCUT2D eigenvalue weighted by Gasteiger charge is 2.40. The maximum absolute atomic E-state index is 14.9. The van der Waals surface area contributed by atoms with Gasteiger partial charge in [-0.2, -0.15) is 10.1 Å². The maximum Gasteiger partial charge on any atom is 0.267 e. The highest BCUT2D eigenvalue weighted by atomic mass is 32.2. The fourth-order valence-electron chi connectivity index (χ4n) is 4.01. The summed E-state index contributed by atoms with van der Waals surface area (Å²) in [4.78, 5) is 7.98. The van der Waals surface area contributed by atoms with Gasteiger partial charge < -0.3 is 9.84 Å². The Balaban J connectivity index is 1.72. The number of nitrogens with zero attached hydrogens (tertiary/aromatic N) is 6. The molecule has 0 aliphatic carbocycles. The first-order valence-electron chi connectivity index (χ1n) is 11.4. The van der Waals surface area contributed by atoms with E-state index in [1.165, 1.54) is 28.1 Å². The first-order valence-corrected chi connectivity index (χ1v) is 13.3. The molecule has 2 atom stereocenters. The molecule has 2 unspecified atom stereocenters. The van der Waals surface area contributed by atoms with Crippen LogP contribution in [-0.2, 0) is 33.3 Å². The lowest BCUT2D eigenvalue weighted by Gasteiger charge is -2.35. The lowest BCUT2D eigenvalue weighted by molar-refractivity contribution is -0.0112. The van der Waals surface area contributed by atoms with Gasteiger partial charge in [0.1, 0.15) is 36.5 Å². The molecule has 2 aromatic heterocycles. The van der Waals surface area contributed by atoms with E-state index in [9.17, 15) is 22.3 Å². The van der Waals surface area contributed by atoms with Crippen LogP contribution >= 0.6 is 0 Å². The zero-order chi connectivity index (χ0) is 26.8. The van der Waals surface area contributed by atoms with E-state index in [1.54, 1.807) is 38.1 Å². The first-order chi connectivity index (χ1) is 17.5. The fourth-order valence-corrected chi connectivity index (χ4v) is 4.51. The Labute approximate surface area is 212 Å². The van der Waals surface area contributed by atoms with Gasteiger partial charge in [-0.25, -0.2) is 31.5 Å². The van der Waals surface area contributed by atoms with E-state index in [2.05, 4.69) is 20.2 Å². The zero-order valence-corrected chi connectivity index (χ0v) is 21.2. The molecule has 0 saturated carbocycles. The smallest absolute Gasteiger partial charge is 0.267 e. The van der Waals surface area contributed by atoms with Crippen LogP contribution in [0.5, 0.6) is 0 Å². The number of hydrogen-bond donors (Lipinski definition) is 1. The molecular weight excluding hydrogens is 506 g/mol. The topological polar surface area (TPSA) is 125 Å².